The van der Waals surface area contributed by atoms with E-state index in [2.05, 4.69) is 0 Å². The van der Waals surface area contributed by atoms with Crippen LogP contribution in [0.25, 0.3) is 10.8 Å². The standard InChI is InChI=1S/C18H15NO5S/c20-17(18(21)19-22)16-10-15(11-25-16)24-8-7-23-14-6-5-12-3-1-2-4-13(12)9-14/h1-6,9-11,22H,7-8H2,(H,19,21). The number of carbonyl (C=O) groups is 2. The van der Waals surface area contributed by atoms with E-state index in [-0.39, 0.29) is 4.88 Å². The van der Waals surface area contributed by atoms with Crippen molar-refractivity contribution in [1.29, 1.82) is 0 Å². The van der Waals surface area contributed by atoms with Gasteiger partial charge in [0.2, 0.25) is 0 Å². The molecule has 0 bridgehead atoms. The second-order valence-corrected chi connectivity index (χ2v) is 6.03. The van der Waals surface area contributed by atoms with Gasteiger partial charge in [-0.3, -0.25) is 14.8 Å². The first kappa shape index (κ1) is 16.9. The minimum Gasteiger partial charge on any atom is -0.490 e. The Morgan fingerprint density at radius 3 is 2.44 bits per heavy atom. The number of hydrogen-bond donors (Lipinski definition) is 2. The van der Waals surface area contributed by atoms with Crippen LogP contribution in [0.3, 0.4) is 0 Å². The monoisotopic (exact) mass is 357 g/mol. The lowest BCUT2D eigenvalue weighted by Crippen LogP contribution is -2.27. The maximum Gasteiger partial charge on any atom is 0.316 e. The molecule has 0 aliphatic heterocycles. The third-order valence-corrected chi connectivity index (χ3v) is 4.36. The lowest BCUT2D eigenvalue weighted by atomic mass is 10.1. The number of fused-ring (bicyclic) bond motifs is 1. The second-order valence-electron chi connectivity index (χ2n) is 5.12. The molecule has 0 aliphatic carbocycles. The summed E-state index contributed by atoms with van der Waals surface area (Å²) in [6.07, 6.45) is 0. The molecule has 0 saturated carbocycles. The van der Waals surface area contributed by atoms with Crippen molar-refractivity contribution >= 4 is 33.8 Å². The maximum atomic E-state index is 11.6. The van der Waals surface area contributed by atoms with Gasteiger partial charge in [-0.2, -0.15) is 0 Å². The van der Waals surface area contributed by atoms with E-state index in [1.165, 1.54) is 11.5 Å². The molecule has 0 aliphatic rings. The summed E-state index contributed by atoms with van der Waals surface area (Å²) < 4.78 is 11.2. The van der Waals surface area contributed by atoms with Gasteiger partial charge in [-0.15, -0.1) is 11.3 Å². The second kappa shape index (κ2) is 7.78. The highest BCUT2D eigenvalue weighted by Gasteiger charge is 2.17. The number of thiophene rings is 1. The first-order valence-corrected chi connectivity index (χ1v) is 8.37. The number of nitrogens with one attached hydrogen (secondary N) is 1. The van der Waals surface area contributed by atoms with Gasteiger partial charge in [0.15, 0.2) is 0 Å². The van der Waals surface area contributed by atoms with E-state index in [0.29, 0.717) is 19.0 Å². The molecule has 1 aromatic heterocycles. The van der Waals surface area contributed by atoms with Crippen LogP contribution in [0.15, 0.2) is 53.9 Å². The fourth-order valence-corrected chi connectivity index (χ4v) is 3.02. The molecule has 0 atom stereocenters. The van der Waals surface area contributed by atoms with Crippen LogP contribution in [0.2, 0.25) is 0 Å². The Morgan fingerprint density at radius 1 is 0.960 bits per heavy atom. The van der Waals surface area contributed by atoms with Crippen molar-refractivity contribution < 1.29 is 24.3 Å². The van der Waals surface area contributed by atoms with E-state index < -0.39 is 11.7 Å². The number of ether oxygens (including phenoxy) is 2. The molecular formula is C18H15NO5S. The average Bonchev–Trinajstić information content (AvgIpc) is 3.12. The van der Waals surface area contributed by atoms with Gasteiger partial charge in [-0.25, -0.2) is 5.48 Å². The molecule has 2 aromatic carbocycles. The molecule has 0 fully saturated rings. The van der Waals surface area contributed by atoms with E-state index in [1.54, 1.807) is 5.38 Å². The van der Waals surface area contributed by atoms with Crippen molar-refractivity contribution in [1.82, 2.24) is 5.48 Å². The summed E-state index contributed by atoms with van der Waals surface area (Å²) in [6.45, 7) is 0.637. The highest BCUT2D eigenvalue weighted by Crippen LogP contribution is 2.23. The minimum atomic E-state index is -1.08. The molecule has 25 heavy (non-hydrogen) atoms. The van der Waals surface area contributed by atoms with Crippen molar-refractivity contribution in [3.63, 3.8) is 0 Å². The summed E-state index contributed by atoms with van der Waals surface area (Å²) >= 11 is 1.07. The molecule has 0 unspecified atom stereocenters. The van der Waals surface area contributed by atoms with Crippen LogP contribution in [0.4, 0.5) is 0 Å². The Labute approximate surface area is 147 Å². The van der Waals surface area contributed by atoms with E-state index in [9.17, 15) is 9.59 Å². The Morgan fingerprint density at radius 2 is 1.68 bits per heavy atom. The number of amides is 1. The number of carbonyl (C=O) groups excluding carboxylic acids is 2. The number of benzene rings is 2. The largest absolute Gasteiger partial charge is 0.490 e. The molecule has 3 aromatic rings. The molecule has 0 saturated heterocycles. The molecule has 7 heteroatoms. The summed E-state index contributed by atoms with van der Waals surface area (Å²) in [5, 5.41) is 12.3. The van der Waals surface area contributed by atoms with Gasteiger partial charge in [0.25, 0.3) is 5.78 Å². The van der Waals surface area contributed by atoms with Crippen molar-refractivity contribution in [3.8, 4) is 11.5 Å². The lowest BCUT2D eigenvalue weighted by Gasteiger charge is -2.08. The summed E-state index contributed by atoms with van der Waals surface area (Å²) in [5.74, 6) is -0.660. The molecule has 1 amide bonds. The maximum absolute atomic E-state index is 11.6. The Kier molecular flexibility index (Phi) is 5.27. The Hall–Kier alpha value is -2.90. The van der Waals surface area contributed by atoms with Crippen LogP contribution in [0, 0.1) is 0 Å². The van der Waals surface area contributed by atoms with Crippen molar-refractivity contribution in [3.05, 3.63) is 58.8 Å². The highest BCUT2D eigenvalue weighted by molar-refractivity contribution is 7.13. The predicted molar refractivity (Wildman–Crippen MR) is 93.5 cm³/mol. The van der Waals surface area contributed by atoms with Crippen molar-refractivity contribution in [2.75, 3.05) is 13.2 Å². The predicted octanol–water partition coefficient (Wildman–Crippen LogP) is 3.05. The molecule has 6 nitrogen and oxygen atoms in total. The number of hydroxylamine groups is 1. The molecule has 0 spiro atoms. The number of hydrogen-bond acceptors (Lipinski definition) is 6. The van der Waals surface area contributed by atoms with Crippen LogP contribution in [-0.2, 0) is 4.79 Å². The zero-order valence-corrected chi connectivity index (χ0v) is 13.9. The minimum absolute atomic E-state index is 0.192. The smallest absolute Gasteiger partial charge is 0.316 e. The van der Waals surface area contributed by atoms with Gasteiger partial charge in [0, 0.05) is 11.4 Å². The zero-order chi connectivity index (χ0) is 17.6. The van der Waals surface area contributed by atoms with Gasteiger partial charge in [-0.05, 0) is 22.9 Å². The summed E-state index contributed by atoms with van der Waals surface area (Å²) in [4.78, 5) is 22.8. The quantitative estimate of drug-likeness (QED) is 0.223. The molecule has 128 valence electrons. The Balaban J connectivity index is 1.50. The summed E-state index contributed by atoms with van der Waals surface area (Å²) in [7, 11) is 0. The van der Waals surface area contributed by atoms with Gasteiger partial charge in [0.05, 0.1) is 4.88 Å². The highest BCUT2D eigenvalue weighted by atomic mass is 32.1. The summed E-state index contributed by atoms with van der Waals surface area (Å²) in [5.41, 5.74) is 1.31. The number of rotatable bonds is 7. The topological polar surface area (TPSA) is 84.9 Å². The zero-order valence-electron chi connectivity index (χ0n) is 13.1. The number of Topliss-reactive ketones (excluding diaryl/α,β-unsaturated/α-hetero) is 1. The van der Waals surface area contributed by atoms with E-state index in [1.807, 2.05) is 42.5 Å². The average molecular weight is 357 g/mol. The molecule has 3 rings (SSSR count). The van der Waals surface area contributed by atoms with Gasteiger partial charge >= 0.3 is 5.91 Å². The SMILES string of the molecule is O=C(NO)C(=O)c1cc(OCCOc2ccc3ccccc3c2)cs1. The fourth-order valence-electron chi connectivity index (χ4n) is 2.25. The first-order chi connectivity index (χ1) is 12.2. The van der Waals surface area contributed by atoms with Crippen LogP contribution >= 0.6 is 11.3 Å². The van der Waals surface area contributed by atoms with Crippen molar-refractivity contribution in [2.45, 2.75) is 0 Å². The normalized spacial score (nSPS) is 10.4. The molecule has 2 N–H and O–H groups in total. The van der Waals surface area contributed by atoms with E-state index in [0.717, 1.165) is 27.9 Å². The van der Waals surface area contributed by atoms with Crippen molar-refractivity contribution in [2.24, 2.45) is 0 Å². The van der Waals surface area contributed by atoms with Crippen LogP contribution in [0.1, 0.15) is 9.67 Å². The van der Waals surface area contributed by atoms with Gasteiger partial charge < -0.3 is 9.47 Å². The third-order valence-electron chi connectivity index (χ3n) is 3.45. The first-order valence-electron chi connectivity index (χ1n) is 7.49. The number of ketones is 1. The van der Waals surface area contributed by atoms with Crippen LogP contribution in [-0.4, -0.2) is 30.1 Å². The molecule has 0 radical (unpaired) electrons. The molecule has 1 heterocycles. The van der Waals surface area contributed by atoms with Gasteiger partial charge in [0.1, 0.15) is 24.7 Å². The third kappa shape index (κ3) is 4.14. The fraction of sp³-hybridized carbons (Fsp3) is 0.111. The summed E-state index contributed by atoms with van der Waals surface area (Å²) in [6, 6.07) is 15.3. The Bertz CT molecular complexity index is 905. The molecular weight excluding hydrogens is 342 g/mol. The van der Waals surface area contributed by atoms with Crippen LogP contribution in [0.5, 0.6) is 11.5 Å². The van der Waals surface area contributed by atoms with Gasteiger partial charge in [-0.1, -0.05) is 30.3 Å². The van der Waals surface area contributed by atoms with E-state index >= 15 is 0 Å². The lowest BCUT2D eigenvalue weighted by molar-refractivity contribution is -0.124. The van der Waals surface area contributed by atoms with Crippen LogP contribution < -0.4 is 15.0 Å². The van der Waals surface area contributed by atoms with E-state index in [4.69, 9.17) is 14.7 Å².